The van der Waals surface area contributed by atoms with Crippen molar-refractivity contribution in [3.05, 3.63) is 204 Å². The van der Waals surface area contributed by atoms with E-state index in [1.807, 2.05) is 97.1 Å². The van der Waals surface area contributed by atoms with Crippen LogP contribution >= 0.6 is 0 Å². The van der Waals surface area contributed by atoms with Crippen molar-refractivity contribution < 1.29 is 14.0 Å². The molecule has 0 aliphatic heterocycles. The highest BCUT2D eigenvalue weighted by atomic mass is 16.3. The van der Waals surface area contributed by atoms with Gasteiger partial charge in [-0.25, -0.2) is 4.98 Å². The Morgan fingerprint density at radius 3 is 2.03 bits per heavy atom. The SMILES string of the molecule is [2H]c1c([2H])c([2H])c(-c2cccc(-c3cc(C(C)(C)C)cc(C(C)(C)C)c3)c2Nc2ccccc2Nc2cccc(C([2H])([2H])c3ccc4c5ccccc5n(-c5cc6ccoc6cn5)c4c3)c2)c([2H])c1[2H]. The fourth-order valence-electron chi connectivity index (χ4n) is 8.28. The number of para-hydroxylation sites is 4. The molecule has 5 nitrogen and oxygen atoms in total. The molecule has 2 N–H and O–H groups in total. The van der Waals surface area contributed by atoms with Gasteiger partial charge in [-0.15, -0.1) is 0 Å². The monoisotopic (exact) mass is 827 g/mol. The van der Waals surface area contributed by atoms with Crippen molar-refractivity contribution in [3.8, 4) is 28.1 Å². The maximum absolute atomic E-state index is 9.66. The molecule has 310 valence electrons. The average molecular weight is 828 g/mol. The zero-order valence-corrected chi connectivity index (χ0v) is 36.2. The van der Waals surface area contributed by atoms with E-state index >= 15 is 0 Å². The number of nitrogens with one attached hydrogen (secondary N) is 2. The third-order valence-electron chi connectivity index (χ3n) is 11.7. The molecule has 0 atom stereocenters. The molecule has 0 saturated heterocycles. The maximum atomic E-state index is 9.66. The number of fused-ring (bicyclic) bond motifs is 4. The van der Waals surface area contributed by atoms with E-state index in [9.17, 15) is 2.74 Å². The molecular weight excluding hydrogens is 769 g/mol. The van der Waals surface area contributed by atoms with E-state index in [1.165, 1.54) is 0 Å². The highest BCUT2D eigenvalue weighted by molar-refractivity contribution is 6.09. The second-order valence-corrected chi connectivity index (χ2v) is 18.1. The van der Waals surface area contributed by atoms with Gasteiger partial charge in [-0.05, 0) is 99.1 Å². The Hall–Kier alpha value is -7.37. The van der Waals surface area contributed by atoms with E-state index in [-0.39, 0.29) is 28.5 Å². The lowest BCUT2D eigenvalue weighted by Crippen LogP contribution is -2.16. The van der Waals surface area contributed by atoms with Gasteiger partial charge in [0.05, 0.1) is 47.4 Å². The number of anilines is 4. The summed E-state index contributed by atoms with van der Waals surface area (Å²) in [7, 11) is 0. The summed E-state index contributed by atoms with van der Waals surface area (Å²) >= 11 is 0. The third-order valence-corrected chi connectivity index (χ3v) is 11.7. The largest absolute Gasteiger partial charge is 0.463 e. The van der Waals surface area contributed by atoms with Crippen LogP contribution in [-0.2, 0) is 17.2 Å². The molecule has 7 aromatic carbocycles. The number of hydrogen-bond donors (Lipinski definition) is 2. The molecule has 0 aliphatic carbocycles. The van der Waals surface area contributed by atoms with Gasteiger partial charge in [-0.1, -0.05) is 163 Å². The Morgan fingerprint density at radius 2 is 1.27 bits per heavy atom. The van der Waals surface area contributed by atoms with E-state index in [1.54, 1.807) is 24.6 Å². The van der Waals surface area contributed by atoms with Gasteiger partial charge in [-0.2, -0.15) is 0 Å². The Morgan fingerprint density at radius 1 is 0.603 bits per heavy atom. The average Bonchev–Trinajstić information content (AvgIpc) is 3.95. The first-order valence-corrected chi connectivity index (χ1v) is 21.3. The Kier molecular flexibility index (Phi) is 8.13. The normalized spacial score (nSPS) is 13.8. The topological polar surface area (TPSA) is 55.0 Å². The summed E-state index contributed by atoms with van der Waals surface area (Å²) in [4.78, 5) is 4.76. The first-order chi connectivity index (χ1) is 33.3. The first kappa shape index (κ1) is 32.4. The molecule has 0 fully saturated rings. The second kappa shape index (κ2) is 15.8. The van der Waals surface area contributed by atoms with Crippen LogP contribution in [0.3, 0.4) is 0 Å². The van der Waals surface area contributed by atoms with Crippen molar-refractivity contribution in [3.63, 3.8) is 0 Å². The van der Waals surface area contributed by atoms with Crippen molar-refractivity contribution in [2.24, 2.45) is 0 Å². The number of rotatable bonds is 9. The number of aromatic nitrogens is 2. The van der Waals surface area contributed by atoms with Crippen LogP contribution < -0.4 is 10.6 Å². The van der Waals surface area contributed by atoms with Crippen molar-refractivity contribution in [1.82, 2.24) is 9.55 Å². The zero-order chi connectivity index (χ0) is 49.4. The molecule has 0 spiro atoms. The lowest BCUT2D eigenvalue weighted by molar-refractivity contribution is 0.569. The van der Waals surface area contributed by atoms with Gasteiger partial charge in [0, 0.05) is 35.7 Å². The molecule has 0 radical (unpaired) electrons. The predicted molar refractivity (Wildman–Crippen MR) is 265 cm³/mol. The lowest BCUT2D eigenvalue weighted by Gasteiger charge is -2.27. The fourth-order valence-corrected chi connectivity index (χ4v) is 8.28. The van der Waals surface area contributed by atoms with Gasteiger partial charge in [0.2, 0.25) is 0 Å². The van der Waals surface area contributed by atoms with Crippen LogP contribution in [-0.4, -0.2) is 9.55 Å². The minimum absolute atomic E-state index is 0.0904. The van der Waals surface area contributed by atoms with E-state index < -0.39 is 24.5 Å². The summed E-state index contributed by atoms with van der Waals surface area (Å²) in [5, 5.41) is 10.2. The standard InChI is InChI=1S/C58H52N4O/c1-57(2,3)43-33-42(34-44(36-43)58(4,5)6)47-22-15-21-46(40-17-8-7-9-18-40)56(47)61-51-24-12-11-23-50(51)60-45-19-14-16-38(31-45)30-39-26-27-49-48-20-10-13-25-52(48)62(53(49)32-39)55-35-41-28-29-63-54(41)37-59-55/h7-29,31-37,60-61H,30H2,1-6H3/i7D,8D,9D,17D,18D,30D2. The number of pyridine rings is 1. The molecule has 10 rings (SSSR count). The summed E-state index contributed by atoms with van der Waals surface area (Å²) in [6, 6.07) is 43.2. The first-order valence-electron chi connectivity index (χ1n) is 24.8. The summed E-state index contributed by atoms with van der Waals surface area (Å²) in [5.41, 5.74) is 10.1. The molecule has 63 heavy (non-hydrogen) atoms. The predicted octanol–water partition coefficient (Wildman–Crippen LogP) is 15.9. The molecule has 0 amide bonds. The summed E-state index contributed by atoms with van der Waals surface area (Å²) in [5.74, 6) is 0.701. The van der Waals surface area contributed by atoms with Gasteiger partial charge in [-0.3, -0.25) is 4.57 Å². The molecule has 10 aromatic rings. The summed E-state index contributed by atoms with van der Waals surface area (Å²) < 4.78 is 70.7. The van der Waals surface area contributed by atoms with Crippen LogP contribution in [0.1, 0.15) is 73.4 Å². The van der Waals surface area contributed by atoms with Crippen LogP contribution in [0.5, 0.6) is 0 Å². The number of benzene rings is 7. The second-order valence-electron chi connectivity index (χ2n) is 18.1. The van der Waals surface area contributed by atoms with Gasteiger partial charge >= 0.3 is 0 Å². The number of hydrogen-bond acceptors (Lipinski definition) is 4. The van der Waals surface area contributed by atoms with Crippen LogP contribution in [0, 0.1) is 0 Å². The van der Waals surface area contributed by atoms with E-state index in [0.29, 0.717) is 50.8 Å². The third kappa shape index (κ3) is 7.87. The van der Waals surface area contributed by atoms with Gasteiger partial charge in [0.25, 0.3) is 0 Å². The highest BCUT2D eigenvalue weighted by Crippen LogP contribution is 2.43. The van der Waals surface area contributed by atoms with Crippen LogP contribution in [0.2, 0.25) is 0 Å². The Labute approximate surface area is 379 Å². The molecule has 3 heterocycles. The van der Waals surface area contributed by atoms with Crippen molar-refractivity contribution in [1.29, 1.82) is 0 Å². The molecular formula is C58H52N4O. The quantitative estimate of drug-likeness (QED) is 0.152. The number of nitrogens with zero attached hydrogens (tertiary/aromatic N) is 2. The molecule has 5 heteroatoms. The van der Waals surface area contributed by atoms with Crippen LogP contribution in [0.25, 0.3) is 60.8 Å². The summed E-state index contributed by atoms with van der Waals surface area (Å²) in [6.45, 7) is 13.1. The Bertz CT molecular complexity index is 3630. The molecule has 3 aromatic heterocycles. The van der Waals surface area contributed by atoms with Crippen LogP contribution in [0.4, 0.5) is 22.7 Å². The van der Waals surface area contributed by atoms with E-state index in [4.69, 9.17) is 16.3 Å². The summed E-state index contributed by atoms with van der Waals surface area (Å²) in [6.07, 6.45) is 1.44. The van der Waals surface area contributed by atoms with E-state index in [0.717, 1.165) is 49.4 Å². The van der Waals surface area contributed by atoms with Crippen LogP contribution in [0.15, 0.2) is 187 Å². The fraction of sp³-hybridized carbons (Fsp3) is 0.155. The molecule has 0 saturated carbocycles. The van der Waals surface area contributed by atoms with Gasteiger partial charge < -0.3 is 15.1 Å². The van der Waals surface area contributed by atoms with Crippen molar-refractivity contribution >= 4 is 55.5 Å². The molecule has 0 unspecified atom stereocenters. The zero-order valence-electron chi connectivity index (χ0n) is 43.2. The lowest BCUT2D eigenvalue weighted by atomic mass is 9.78. The highest BCUT2D eigenvalue weighted by Gasteiger charge is 2.23. The van der Waals surface area contributed by atoms with E-state index in [2.05, 4.69) is 87.1 Å². The van der Waals surface area contributed by atoms with Gasteiger partial charge in [0.15, 0.2) is 5.58 Å². The van der Waals surface area contributed by atoms with Crippen molar-refractivity contribution in [2.75, 3.05) is 10.6 Å². The van der Waals surface area contributed by atoms with Crippen molar-refractivity contribution in [2.45, 2.75) is 58.7 Å². The molecule has 0 bridgehead atoms. The minimum Gasteiger partial charge on any atom is -0.463 e. The Balaban J connectivity index is 1.06. The number of furan rings is 1. The maximum Gasteiger partial charge on any atom is 0.152 e. The smallest absolute Gasteiger partial charge is 0.152 e. The minimum atomic E-state index is -1.92. The molecule has 0 aliphatic rings. The van der Waals surface area contributed by atoms with Gasteiger partial charge in [0.1, 0.15) is 5.82 Å².